The second kappa shape index (κ2) is 10.1. The van der Waals surface area contributed by atoms with Gasteiger partial charge in [0.2, 0.25) is 0 Å². The number of rotatable bonds is 3. The van der Waals surface area contributed by atoms with Crippen molar-refractivity contribution >= 4 is 34.4 Å². The van der Waals surface area contributed by atoms with Crippen LogP contribution in [0.5, 0.6) is 0 Å². The number of alkyl halides is 3. The minimum atomic E-state index is -4.42. The van der Waals surface area contributed by atoms with Gasteiger partial charge in [0, 0.05) is 11.1 Å². The Labute approximate surface area is 223 Å². The first-order chi connectivity index (χ1) is 17.6. The van der Waals surface area contributed by atoms with Crippen molar-refractivity contribution in [2.75, 3.05) is 18.0 Å². The zero-order valence-electron chi connectivity index (χ0n) is 22.0. The van der Waals surface area contributed by atoms with Gasteiger partial charge < -0.3 is 0 Å². The highest BCUT2D eigenvalue weighted by Crippen LogP contribution is 2.51. The van der Waals surface area contributed by atoms with Crippen LogP contribution in [0.3, 0.4) is 0 Å². The summed E-state index contributed by atoms with van der Waals surface area (Å²) in [6, 6.07) is 9.83. The van der Waals surface area contributed by atoms with Gasteiger partial charge in [0.1, 0.15) is 5.84 Å². The molecule has 1 spiro atoms. The quantitative estimate of drug-likeness (QED) is 0.374. The maximum absolute atomic E-state index is 13.8. The summed E-state index contributed by atoms with van der Waals surface area (Å²) in [5.74, 6) is 0.795. The summed E-state index contributed by atoms with van der Waals surface area (Å²) in [6.45, 7) is 8.14. The number of aliphatic imine (C=N–C) groups is 1. The van der Waals surface area contributed by atoms with Crippen molar-refractivity contribution in [3.8, 4) is 0 Å². The van der Waals surface area contributed by atoms with E-state index in [1.165, 1.54) is 30.5 Å². The maximum atomic E-state index is 13.8. The Bertz CT molecular complexity index is 1180. The summed E-state index contributed by atoms with van der Waals surface area (Å²) in [5.41, 5.74) is 3.73. The van der Waals surface area contributed by atoms with Crippen LogP contribution in [0, 0.1) is 26.2 Å². The van der Waals surface area contributed by atoms with E-state index in [1.54, 1.807) is 6.07 Å². The van der Waals surface area contributed by atoms with Crippen LogP contribution >= 0.6 is 12.2 Å². The van der Waals surface area contributed by atoms with Gasteiger partial charge in [-0.15, -0.1) is 0 Å². The number of halogens is 3. The molecule has 1 atom stereocenters. The van der Waals surface area contributed by atoms with Gasteiger partial charge in [-0.25, -0.2) is 4.99 Å². The fraction of sp³-hybridized carbons (Fsp3) is 0.533. The first-order valence-corrected chi connectivity index (χ1v) is 13.9. The lowest BCUT2D eigenvalue weighted by Crippen LogP contribution is -2.52. The number of anilines is 1. The molecule has 2 heterocycles. The molecule has 2 aromatic carbocycles. The van der Waals surface area contributed by atoms with Gasteiger partial charge in [-0.2, -0.15) is 13.2 Å². The number of benzene rings is 2. The van der Waals surface area contributed by atoms with Crippen LogP contribution in [-0.2, 0) is 6.18 Å². The van der Waals surface area contributed by atoms with Crippen molar-refractivity contribution in [2.24, 2.45) is 10.4 Å². The molecule has 7 heteroatoms. The molecule has 2 aliphatic heterocycles. The van der Waals surface area contributed by atoms with E-state index in [0.717, 1.165) is 85.3 Å². The number of amidine groups is 1. The summed E-state index contributed by atoms with van der Waals surface area (Å²) in [6.07, 6.45) is 4.27. The molecule has 0 radical (unpaired) electrons. The molecule has 0 unspecified atom stereocenters. The van der Waals surface area contributed by atoms with Gasteiger partial charge in [0.15, 0.2) is 0 Å². The number of thiocarbonyl (C=S) groups is 1. The minimum absolute atomic E-state index is 0.0322. The molecule has 5 rings (SSSR count). The molecule has 3 aliphatic rings. The molecule has 3 nitrogen and oxygen atoms in total. The topological polar surface area (TPSA) is 18.8 Å². The van der Waals surface area contributed by atoms with Gasteiger partial charge in [-0.3, -0.25) is 9.80 Å². The van der Waals surface area contributed by atoms with Gasteiger partial charge in [0.05, 0.1) is 22.3 Å². The van der Waals surface area contributed by atoms with E-state index in [-0.39, 0.29) is 11.5 Å². The summed E-state index contributed by atoms with van der Waals surface area (Å²) in [5, 5.41) is 0. The van der Waals surface area contributed by atoms with Crippen LogP contribution in [0.1, 0.15) is 73.6 Å². The zero-order valence-corrected chi connectivity index (χ0v) is 22.8. The Hall–Kier alpha value is -2.25. The summed E-state index contributed by atoms with van der Waals surface area (Å²) >= 11 is 6.25. The average Bonchev–Trinajstić information content (AvgIpc) is 3.08. The third-order valence-electron chi connectivity index (χ3n) is 8.42. The fourth-order valence-electron chi connectivity index (χ4n) is 6.82. The Morgan fingerprint density at radius 1 is 0.892 bits per heavy atom. The van der Waals surface area contributed by atoms with E-state index in [0.29, 0.717) is 5.69 Å². The Balaban J connectivity index is 1.74. The molecule has 1 aliphatic carbocycles. The first kappa shape index (κ1) is 26.4. The molecule has 198 valence electrons. The van der Waals surface area contributed by atoms with Crippen molar-refractivity contribution in [1.29, 1.82) is 0 Å². The second-order valence-electron chi connectivity index (χ2n) is 11.1. The third-order valence-corrected chi connectivity index (χ3v) is 9.01. The lowest BCUT2D eigenvalue weighted by atomic mass is 9.69. The molecule has 0 N–H and O–H groups in total. The molecule has 0 bridgehead atoms. The normalized spacial score (nSPS) is 23.8. The number of hydrogen-bond donors (Lipinski definition) is 0. The number of nitrogens with zero attached hydrogens (tertiary/aromatic N) is 3. The molecular weight excluding hydrogens is 491 g/mol. The Morgan fingerprint density at radius 3 is 2.14 bits per heavy atom. The fourth-order valence-corrected chi connectivity index (χ4v) is 7.33. The van der Waals surface area contributed by atoms with E-state index < -0.39 is 11.7 Å². The average molecular weight is 528 g/mol. The Kier molecular flexibility index (Phi) is 7.22. The van der Waals surface area contributed by atoms with Crippen LogP contribution in [0.4, 0.5) is 24.5 Å². The van der Waals surface area contributed by atoms with Gasteiger partial charge in [-0.1, -0.05) is 61.7 Å². The molecular formula is C30H36F3N3S. The van der Waals surface area contributed by atoms with E-state index in [2.05, 4.69) is 37.8 Å². The van der Waals surface area contributed by atoms with Crippen molar-refractivity contribution in [2.45, 2.75) is 84.4 Å². The van der Waals surface area contributed by atoms with Crippen LogP contribution in [0.25, 0.3) is 0 Å². The van der Waals surface area contributed by atoms with Crippen molar-refractivity contribution in [1.82, 2.24) is 4.90 Å². The van der Waals surface area contributed by atoms with Gasteiger partial charge in [0.25, 0.3) is 0 Å². The summed E-state index contributed by atoms with van der Waals surface area (Å²) in [4.78, 5) is 10.5. The predicted molar refractivity (Wildman–Crippen MR) is 149 cm³/mol. The number of hydrogen-bond acceptors (Lipinski definition) is 3. The van der Waals surface area contributed by atoms with E-state index >= 15 is 0 Å². The SMILES string of the molecule is Cc1cc(C)c(N=C2[C@H](N3CCCCC3)C3(CCCCC3)C(=S)N2c2cccc(C(F)(F)F)c2)c(C)c1. The third kappa shape index (κ3) is 4.85. The van der Waals surface area contributed by atoms with E-state index in [1.807, 2.05) is 4.90 Å². The first-order valence-electron chi connectivity index (χ1n) is 13.5. The highest BCUT2D eigenvalue weighted by Gasteiger charge is 2.57. The highest BCUT2D eigenvalue weighted by atomic mass is 32.1. The van der Waals surface area contributed by atoms with Gasteiger partial charge in [-0.05, 0) is 88.9 Å². The van der Waals surface area contributed by atoms with Crippen molar-refractivity contribution in [3.05, 3.63) is 58.7 Å². The van der Waals surface area contributed by atoms with Crippen LogP contribution in [0.2, 0.25) is 0 Å². The smallest absolute Gasteiger partial charge is 0.293 e. The lowest BCUT2D eigenvalue weighted by Gasteiger charge is -2.44. The maximum Gasteiger partial charge on any atom is 0.416 e. The zero-order chi connectivity index (χ0) is 26.4. The highest BCUT2D eigenvalue weighted by molar-refractivity contribution is 7.80. The van der Waals surface area contributed by atoms with Crippen LogP contribution < -0.4 is 4.90 Å². The largest absolute Gasteiger partial charge is 0.416 e. The standard InChI is InChI=1S/C30H36F3N3S/c1-20-17-21(2)25(22(3)18-20)34-27-26(35-15-8-5-9-16-35)29(13-6-4-7-14-29)28(37)36(27)24-12-10-11-23(19-24)30(31,32)33/h10-12,17-19,26H,4-9,13-16H2,1-3H3/t26-/m0/s1. The molecule has 0 aromatic heterocycles. The molecule has 37 heavy (non-hydrogen) atoms. The van der Waals surface area contributed by atoms with E-state index in [9.17, 15) is 13.2 Å². The molecule has 1 saturated carbocycles. The summed E-state index contributed by atoms with van der Waals surface area (Å²) in [7, 11) is 0. The number of aryl methyl sites for hydroxylation is 3. The predicted octanol–water partition coefficient (Wildman–Crippen LogP) is 8.31. The van der Waals surface area contributed by atoms with E-state index in [4.69, 9.17) is 17.2 Å². The number of piperidine rings is 1. The Morgan fingerprint density at radius 2 is 1.51 bits per heavy atom. The van der Waals surface area contributed by atoms with Crippen LogP contribution in [0.15, 0.2) is 41.4 Å². The van der Waals surface area contributed by atoms with Crippen LogP contribution in [-0.4, -0.2) is 34.9 Å². The lowest BCUT2D eigenvalue weighted by molar-refractivity contribution is -0.137. The molecule has 2 saturated heterocycles. The molecule has 0 amide bonds. The van der Waals surface area contributed by atoms with Crippen molar-refractivity contribution in [3.63, 3.8) is 0 Å². The van der Waals surface area contributed by atoms with Gasteiger partial charge >= 0.3 is 6.18 Å². The number of likely N-dealkylation sites (tertiary alicyclic amines) is 1. The minimum Gasteiger partial charge on any atom is -0.293 e. The summed E-state index contributed by atoms with van der Waals surface area (Å²) < 4.78 is 41.3. The van der Waals surface area contributed by atoms with Crippen molar-refractivity contribution < 1.29 is 13.2 Å². The second-order valence-corrected chi connectivity index (χ2v) is 11.5. The molecule has 3 fully saturated rings. The monoisotopic (exact) mass is 527 g/mol. The molecule has 2 aromatic rings.